The molecule has 0 N–H and O–H groups in total. The van der Waals surface area contributed by atoms with Crippen molar-refractivity contribution in [2.45, 2.75) is 156 Å². The van der Waals surface area contributed by atoms with Crippen molar-refractivity contribution in [2.24, 2.45) is 0 Å². The minimum atomic E-state index is -0.690. The van der Waals surface area contributed by atoms with Gasteiger partial charge in [-0.05, 0) is 167 Å². The summed E-state index contributed by atoms with van der Waals surface area (Å²) in [4.78, 5) is 9.45. The molecule has 0 unspecified atom stereocenters. The van der Waals surface area contributed by atoms with Crippen LogP contribution in [0, 0.1) is 0 Å². The van der Waals surface area contributed by atoms with Crippen LogP contribution in [-0.4, -0.2) is 16.2 Å². The third kappa shape index (κ3) is 11.0. The predicted molar refractivity (Wildman–Crippen MR) is 379 cm³/mol. The Hall–Kier alpha value is -8.67. The van der Waals surface area contributed by atoms with Crippen molar-refractivity contribution >= 4 is 44.6 Å². The molecule has 13 rings (SSSR count). The summed E-state index contributed by atoms with van der Waals surface area (Å²) < 4.78 is 119. The maximum Gasteiger partial charge on any atom is 0.137 e. The Morgan fingerprint density at radius 1 is 0.449 bits per heavy atom. The molecular formula is C84H88N4O. The van der Waals surface area contributed by atoms with Crippen LogP contribution >= 0.6 is 0 Å². The average molecular weight is 1180 g/mol. The Labute approximate surface area is 546 Å². The number of pyridine rings is 1. The lowest BCUT2D eigenvalue weighted by Gasteiger charge is -2.42. The first-order valence-electron chi connectivity index (χ1n) is 37.3. The highest BCUT2D eigenvalue weighted by Crippen LogP contribution is 2.54. The molecule has 1 aliphatic carbocycles. The number of fused-ring (bicyclic) bond motifs is 5. The molecule has 5 nitrogen and oxygen atoms in total. The van der Waals surface area contributed by atoms with Crippen LogP contribution in [0.5, 0.6) is 11.5 Å². The smallest absolute Gasteiger partial charge is 0.137 e. The molecule has 2 aliphatic rings. The van der Waals surface area contributed by atoms with Crippen LogP contribution in [0.4, 0.5) is 22.7 Å². The van der Waals surface area contributed by atoms with Gasteiger partial charge in [0.1, 0.15) is 24.0 Å². The van der Waals surface area contributed by atoms with Gasteiger partial charge in [0.25, 0.3) is 0 Å². The summed E-state index contributed by atoms with van der Waals surface area (Å²) in [5.41, 5.74) is 13.3. The summed E-state index contributed by atoms with van der Waals surface area (Å²) >= 11 is 0. The van der Waals surface area contributed by atoms with E-state index in [0.29, 0.717) is 51.3 Å². The summed E-state index contributed by atoms with van der Waals surface area (Å²) in [5, 5.41) is 0.787. The molecule has 3 heterocycles. The van der Waals surface area contributed by atoms with Gasteiger partial charge >= 0.3 is 0 Å². The van der Waals surface area contributed by atoms with Crippen LogP contribution in [0.25, 0.3) is 72.1 Å². The molecule has 0 atom stereocenters. The van der Waals surface area contributed by atoms with Gasteiger partial charge in [0.2, 0.25) is 0 Å². The molecule has 450 valence electrons. The van der Waals surface area contributed by atoms with Gasteiger partial charge in [0.05, 0.1) is 44.5 Å². The summed E-state index contributed by atoms with van der Waals surface area (Å²) in [7, 11) is 0. The standard InChI is InChI=1S/C84H88N4O/c1-79(2,3)59-43-58(44-60(46-59)80(4,5)6)54-33-35-56(36-34-54)67-47-61(81(7,8)9)48-68(57-37-40-70-72(45-57)84(15,16)42-41-83(70,13)14)78(67)87-53-86(74-31-22-23-32-75(74)87)62-27-24-28-63(49-62)89-64-38-39-66-65-29-20-21-30-73(65)88(76(66)50-64)77-51-71(82(10,11)12)69(52-85-77)55-25-18-17-19-26-55/h17-40,43-52H,41-42,53H2,1-16H3/i17D,18D,19D,20D,21D,25D,26D,29D,30D,37D,40D,45D. The van der Waals surface area contributed by atoms with Gasteiger partial charge in [-0.2, -0.15) is 0 Å². The number of para-hydroxylation sites is 3. The normalized spacial score (nSPS) is 16.9. The first-order valence-corrected chi connectivity index (χ1v) is 31.3. The highest BCUT2D eigenvalue weighted by atomic mass is 16.5. The number of ether oxygens (including phenoxy) is 1. The van der Waals surface area contributed by atoms with E-state index in [1.54, 1.807) is 28.8 Å². The highest BCUT2D eigenvalue weighted by molar-refractivity contribution is 6.09. The molecule has 5 heteroatoms. The quantitative estimate of drug-likeness (QED) is 0.144. The largest absolute Gasteiger partial charge is 0.457 e. The van der Waals surface area contributed by atoms with Crippen LogP contribution in [0.3, 0.4) is 0 Å². The van der Waals surface area contributed by atoms with Crippen molar-refractivity contribution < 1.29 is 21.2 Å². The summed E-state index contributed by atoms with van der Waals surface area (Å²) in [6.45, 7) is 35.0. The zero-order chi connectivity index (χ0) is 73.2. The average Bonchev–Trinajstić information content (AvgIpc) is 1.63. The number of aromatic nitrogens is 2. The van der Waals surface area contributed by atoms with Gasteiger partial charge in [0.15, 0.2) is 0 Å². The number of anilines is 4. The van der Waals surface area contributed by atoms with E-state index in [2.05, 4.69) is 167 Å². The molecule has 9 aromatic carbocycles. The molecule has 0 fully saturated rings. The molecule has 0 saturated heterocycles. The maximum atomic E-state index is 10.5. The first-order chi connectivity index (χ1) is 47.1. The van der Waals surface area contributed by atoms with Crippen LogP contribution in [-0.2, 0) is 32.5 Å². The van der Waals surface area contributed by atoms with Gasteiger partial charge in [-0.15, -0.1) is 0 Å². The van der Waals surface area contributed by atoms with Crippen molar-refractivity contribution in [3.63, 3.8) is 0 Å². The first kappa shape index (κ1) is 46.4. The Balaban J connectivity index is 0.965. The topological polar surface area (TPSA) is 33.5 Å². The number of hydrogen-bond donors (Lipinski definition) is 0. The Morgan fingerprint density at radius 2 is 1.04 bits per heavy atom. The predicted octanol–water partition coefficient (Wildman–Crippen LogP) is 23.4. The monoisotopic (exact) mass is 1180 g/mol. The molecule has 0 spiro atoms. The number of hydrogen-bond acceptors (Lipinski definition) is 4. The van der Waals surface area contributed by atoms with E-state index in [4.69, 9.17) is 19.3 Å². The number of nitrogens with zero attached hydrogens (tertiary/aromatic N) is 4. The fourth-order valence-electron chi connectivity index (χ4n) is 12.9. The lowest BCUT2D eigenvalue weighted by molar-refractivity contribution is 0.332. The molecule has 2 aromatic heterocycles. The molecule has 0 radical (unpaired) electrons. The van der Waals surface area contributed by atoms with Crippen molar-refractivity contribution in [2.75, 3.05) is 16.5 Å². The van der Waals surface area contributed by atoms with Gasteiger partial charge in [0, 0.05) is 51.5 Å². The number of rotatable bonds is 9. The highest BCUT2D eigenvalue weighted by Gasteiger charge is 2.39. The second kappa shape index (κ2) is 21.5. The van der Waals surface area contributed by atoms with Crippen molar-refractivity contribution in [3.05, 3.63) is 239 Å². The maximum absolute atomic E-state index is 10.5. The Bertz CT molecular complexity index is 5210. The van der Waals surface area contributed by atoms with E-state index in [-0.39, 0.29) is 80.8 Å². The fraction of sp³-hybridized carbons (Fsp3) is 0.298. The lowest BCUT2D eigenvalue weighted by atomic mass is 9.63. The van der Waals surface area contributed by atoms with Crippen molar-refractivity contribution in [3.8, 4) is 61.8 Å². The zero-order valence-electron chi connectivity index (χ0n) is 66.5. The molecular weight excluding hydrogens is 1080 g/mol. The van der Waals surface area contributed by atoms with Gasteiger partial charge in [-0.25, -0.2) is 4.98 Å². The minimum absolute atomic E-state index is 0.00153. The lowest BCUT2D eigenvalue weighted by Crippen LogP contribution is -2.33. The van der Waals surface area contributed by atoms with E-state index in [0.717, 1.165) is 74.5 Å². The minimum Gasteiger partial charge on any atom is -0.457 e. The van der Waals surface area contributed by atoms with Gasteiger partial charge in [-0.1, -0.05) is 238 Å². The molecule has 0 saturated carbocycles. The molecule has 89 heavy (non-hydrogen) atoms. The summed E-state index contributed by atoms with van der Waals surface area (Å²) in [6, 6.07) is 40.5. The number of benzene rings is 9. The van der Waals surface area contributed by atoms with E-state index >= 15 is 0 Å². The zero-order valence-corrected chi connectivity index (χ0v) is 54.5. The molecule has 1 aliphatic heterocycles. The van der Waals surface area contributed by atoms with Crippen molar-refractivity contribution in [1.82, 2.24) is 9.55 Å². The van der Waals surface area contributed by atoms with E-state index < -0.39 is 46.5 Å². The summed E-state index contributed by atoms with van der Waals surface area (Å²) in [6.07, 6.45) is 3.15. The van der Waals surface area contributed by atoms with Gasteiger partial charge < -0.3 is 14.5 Å². The van der Waals surface area contributed by atoms with Crippen LogP contribution in [0.15, 0.2) is 206 Å². The van der Waals surface area contributed by atoms with Crippen LogP contribution < -0.4 is 14.5 Å². The second-order valence-electron chi connectivity index (χ2n) is 30.0. The SMILES string of the molecule is [2H]c1c([2H])c([2H])c(-c2cnc(-n3c4cc(Oc5cccc(N6CN(c7c(-c8ccc(-c9cc(C(C)(C)C)cc(C(C)(C)C)c9)cc8)cc(C(C)(C)C)cc7-c7c([2H])c([2H])c8c(c7[2H])C(C)(C)CCC8(C)C)c7ccccc76)c5)ccc4c4c([2H])c([2H])c([2H])c([2H])c43)cc2C(C)(C)C)c([2H])c1[2H]. The van der Waals surface area contributed by atoms with E-state index in [1.807, 2.05) is 57.2 Å². The Kier molecular flexibility index (Phi) is 11.2. The molecule has 0 amide bonds. The third-order valence-corrected chi connectivity index (χ3v) is 18.4. The van der Waals surface area contributed by atoms with Crippen LogP contribution in [0.1, 0.15) is 173 Å². The summed E-state index contributed by atoms with van der Waals surface area (Å²) in [5.74, 6) is 1.15. The fourth-order valence-corrected chi connectivity index (χ4v) is 12.9. The van der Waals surface area contributed by atoms with E-state index in [1.165, 1.54) is 17.3 Å². The molecule has 0 bridgehead atoms. The molecule has 11 aromatic rings. The second-order valence-corrected chi connectivity index (χ2v) is 30.0. The van der Waals surface area contributed by atoms with Crippen molar-refractivity contribution in [1.29, 1.82) is 0 Å². The third-order valence-electron chi connectivity index (χ3n) is 18.4. The van der Waals surface area contributed by atoms with Crippen LogP contribution in [0.2, 0.25) is 0 Å². The Morgan fingerprint density at radius 3 is 1.71 bits per heavy atom. The van der Waals surface area contributed by atoms with E-state index in [9.17, 15) is 6.85 Å². The van der Waals surface area contributed by atoms with Gasteiger partial charge in [-0.3, -0.25) is 4.57 Å².